The molecule has 0 unspecified atom stereocenters. The molecule has 1 amide bonds. The molecule has 17 heavy (non-hydrogen) atoms. The van der Waals surface area contributed by atoms with Crippen LogP contribution in [0, 0.1) is 5.92 Å². The molecular formula is C12H19ClN2O2. The second-order valence-corrected chi connectivity index (χ2v) is 3.99. The zero-order chi connectivity index (χ0) is 12.1. The summed E-state index contributed by atoms with van der Waals surface area (Å²) in [6.07, 6.45) is 0. The van der Waals surface area contributed by atoms with Crippen LogP contribution in [0.25, 0.3) is 0 Å². The third-order valence-corrected chi connectivity index (χ3v) is 2.38. The highest BCUT2D eigenvalue weighted by molar-refractivity contribution is 5.94. The number of carbonyl (C=O) groups is 1. The van der Waals surface area contributed by atoms with Gasteiger partial charge in [0.2, 0.25) is 5.91 Å². The number of hydrogen-bond donors (Lipinski definition) is 2. The van der Waals surface area contributed by atoms with E-state index in [0.717, 1.165) is 11.4 Å². The normalized spacial score (nSPS) is 11.6. The molecule has 0 spiro atoms. The van der Waals surface area contributed by atoms with Gasteiger partial charge in [0, 0.05) is 5.69 Å². The average molecular weight is 259 g/mol. The van der Waals surface area contributed by atoms with Gasteiger partial charge in [-0.15, -0.1) is 12.4 Å². The molecule has 1 aromatic rings. The second-order valence-electron chi connectivity index (χ2n) is 3.99. The molecule has 5 heteroatoms. The van der Waals surface area contributed by atoms with Crippen molar-refractivity contribution in [3.8, 4) is 5.75 Å². The molecule has 1 aromatic carbocycles. The molecule has 0 saturated carbocycles. The minimum Gasteiger partial charge on any atom is -0.497 e. The number of methoxy groups -OCH3 is 1. The first kappa shape index (κ1) is 15.7. The Balaban J connectivity index is 0.00000256. The number of anilines is 1. The van der Waals surface area contributed by atoms with E-state index in [4.69, 9.17) is 10.5 Å². The maximum absolute atomic E-state index is 11.6. The molecule has 0 heterocycles. The van der Waals surface area contributed by atoms with Crippen LogP contribution < -0.4 is 15.8 Å². The summed E-state index contributed by atoms with van der Waals surface area (Å²) in [4.78, 5) is 11.6. The number of benzene rings is 1. The standard InChI is InChI=1S/C12H18N2O2.ClH/c1-8(2)11(13)12(15)14-9-4-6-10(16-3)7-5-9;/h4-8,11H,13H2,1-3H3,(H,14,15);1H/t11-;/m1./s1. The van der Waals surface area contributed by atoms with Gasteiger partial charge in [-0.05, 0) is 30.2 Å². The summed E-state index contributed by atoms with van der Waals surface area (Å²) in [5, 5.41) is 2.75. The van der Waals surface area contributed by atoms with E-state index < -0.39 is 6.04 Å². The Hall–Kier alpha value is -1.26. The van der Waals surface area contributed by atoms with Crippen molar-refractivity contribution in [2.75, 3.05) is 12.4 Å². The number of amides is 1. The number of ether oxygens (including phenoxy) is 1. The summed E-state index contributed by atoms with van der Waals surface area (Å²) >= 11 is 0. The van der Waals surface area contributed by atoms with E-state index in [0.29, 0.717) is 0 Å². The highest BCUT2D eigenvalue weighted by Crippen LogP contribution is 2.15. The van der Waals surface area contributed by atoms with Gasteiger partial charge >= 0.3 is 0 Å². The summed E-state index contributed by atoms with van der Waals surface area (Å²) in [5.41, 5.74) is 6.45. The molecule has 0 radical (unpaired) electrons. The Morgan fingerprint density at radius 3 is 2.24 bits per heavy atom. The minimum absolute atomic E-state index is 0. The average Bonchev–Trinajstić information content (AvgIpc) is 2.28. The van der Waals surface area contributed by atoms with E-state index in [1.165, 1.54) is 0 Å². The van der Waals surface area contributed by atoms with Crippen LogP contribution in [0.2, 0.25) is 0 Å². The monoisotopic (exact) mass is 258 g/mol. The fraction of sp³-hybridized carbons (Fsp3) is 0.417. The molecule has 1 atom stereocenters. The highest BCUT2D eigenvalue weighted by atomic mass is 35.5. The maximum Gasteiger partial charge on any atom is 0.241 e. The van der Waals surface area contributed by atoms with Crippen LogP contribution in [-0.2, 0) is 4.79 Å². The molecule has 96 valence electrons. The third-order valence-electron chi connectivity index (χ3n) is 2.38. The van der Waals surface area contributed by atoms with Crippen LogP contribution in [0.1, 0.15) is 13.8 Å². The summed E-state index contributed by atoms with van der Waals surface area (Å²) in [7, 11) is 1.60. The predicted octanol–water partition coefficient (Wildman–Crippen LogP) is 2.04. The molecule has 4 nitrogen and oxygen atoms in total. The first-order valence-electron chi connectivity index (χ1n) is 5.25. The topological polar surface area (TPSA) is 64.3 Å². The minimum atomic E-state index is -0.484. The van der Waals surface area contributed by atoms with Crippen LogP contribution in [-0.4, -0.2) is 19.1 Å². The van der Waals surface area contributed by atoms with Gasteiger partial charge in [-0.1, -0.05) is 13.8 Å². The predicted molar refractivity (Wildman–Crippen MR) is 71.7 cm³/mol. The largest absolute Gasteiger partial charge is 0.497 e. The van der Waals surface area contributed by atoms with Gasteiger partial charge in [0.25, 0.3) is 0 Å². The van der Waals surface area contributed by atoms with E-state index in [-0.39, 0.29) is 24.2 Å². The highest BCUT2D eigenvalue weighted by Gasteiger charge is 2.16. The van der Waals surface area contributed by atoms with Gasteiger partial charge in [0.15, 0.2) is 0 Å². The van der Waals surface area contributed by atoms with Crippen molar-refractivity contribution in [2.45, 2.75) is 19.9 Å². The van der Waals surface area contributed by atoms with Crippen molar-refractivity contribution in [2.24, 2.45) is 11.7 Å². The molecule has 0 aromatic heterocycles. The first-order valence-corrected chi connectivity index (χ1v) is 5.25. The van der Waals surface area contributed by atoms with E-state index in [9.17, 15) is 4.79 Å². The van der Waals surface area contributed by atoms with E-state index in [1.807, 2.05) is 13.8 Å². The van der Waals surface area contributed by atoms with Gasteiger partial charge in [0.1, 0.15) is 5.75 Å². The molecule has 0 aliphatic carbocycles. The Kier molecular flexibility index (Phi) is 6.61. The van der Waals surface area contributed by atoms with Crippen molar-refractivity contribution in [3.63, 3.8) is 0 Å². The van der Waals surface area contributed by atoms with Crippen LogP contribution in [0.4, 0.5) is 5.69 Å². The number of halogens is 1. The van der Waals surface area contributed by atoms with Crippen molar-refractivity contribution >= 4 is 24.0 Å². The molecular weight excluding hydrogens is 240 g/mol. The second kappa shape index (κ2) is 7.14. The molecule has 0 aliphatic heterocycles. The van der Waals surface area contributed by atoms with E-state index in [2.05, 4.69) is 5.32 Å². The zero-order valence-electron chi connectivity index (χ0n) is 10.3. The molecule has 3 N–H and O–H groups in total. The van der Waals surface area contributed by atoms with E-state index >= 15 is 0 Å². The summed E-state index contributed by atoms with van der Waals surface area (Å²) in [5.74, 6) is 0.713. The number of nitrogens with two attached hydrogens (primary N) is 1. The number of hydrogen-bond acceptors (Lipinski definition) is 3. The Morgan fingerprint density at radius 2 is 1.82 bits per heavy atom. The summed E-state index contributed by atoms with van der Waals surface area (Å²) in [6, 6.07) is 6.66. The van der Waals surface area contributed by atoms with Gasteiger partial charge in [0.05, 0.1) is 13.2 Å². The fourth-order valence-corrected chi connectivity index (χ4v) is 1.20. The lowest BCUT2D eigenvalue weighted by Gasteiger charge is -2.15. The Morgan fingerprint density at radius 1 is 1.29 bits per heavy atom. The van der Waals surface area contributed by atoms with Gasteiger partial charge < -0.3 is 15.8 Å². The molecule has 0 bridgehead atoms. The first-order chi connectivity index (χ1) is 7.54. The van der Waals surface area contributed by atoms with Crippen LogP contribution in [0.5, 0.6) is 5.75 Å². The quantitative estimate of drug-likeness (QED) is 0.869. The lowest BCUT2D eigenvalue weighted by atomic mass is 10.1. The lowest BCUT2D eigenvalue weighted by Crippen LogP contribution is -2.39. The number of nitrogens with one attached hydrogen (secondary N) is 1. The van der Waals surface area contributed by atoms with Crippen LogP contribution in [0.3, 0.4) is 0 Å². The van der Waals surface area contributed by atoms with Gasteiger partial charge in [-0.25, -0.2) is 0 Å². The molecule has 0 fully saturated rings. The van der Waals surface area contributed by atoms with Crippen LogP contribution in [0.15, 0.2) is 24.3 Å². The van der Waals surface area contributed by atoms with Crippen molar-refractivity contribution in [1.82, 2.24) is 0 Å². The molecule has 0 aliphatic rings. The molecule has 1 rings (SSSR count). The lowest BCUT2D eigenvalue weighted by molar-refractivity contribution is -0.118. The number of carbonyl (C=O) groups excluding carboxylic acids is 1. The van der Waals surface area contributed by atoms with E-state index in [1.54, 1.807) is 31.4 Å². The third kappa shape index (κ3) is 4.63. The van der Waals surface area contributed by atoms with Gasteiger partial charge in [-0.2, -0.15) is 0 Å². The fourth-order valence-electron chi connectivity index (χ4n) is 1.20. The SMILES string of the molecule is COc1ccc(NC(=O)[C@H](N)C(C)C)cc1.Cl. The summed E-state index contributed by atoms with van der Waals surface area (Å²) in [6.45, 7) is 3.83. The summed E-state index contributed by atoms with van der Waals surface area (Å²) < 4.78 is 5.02. The zero-order valence-corrected chi connectivity index (χ0v) is 11.1. The maximum atomic E-state index is 11.6. The smallest absolute Gasteiger partial charge is 0.241 e. The van der Waals surface area contributed by atoms with Crippen molar-refractivity contribution < 1.29 is 9.53 Å². The molecule has 0 saturated heterocycles. The number of rotatable bonds is 4. The Labute approximate surface area is 108 Å². The van der Waals surface area contributed by atoms with Crippen molar-refractivity contribution in [3.05, 3.63) is 24.3 Å². The van der Waals surface area contributed by atoms with Gasteiger partial charge in [-0.3, -0.25) is 4.79 Å². The Bertz CT molecular complexity index is 352. The van der Waals surface area contributed by atoms with Crippen molar-refractivity contribution in [1.29, 1.82) is 0 Å². The van der Waals surface area contributed by atoms with Crippen LogP contribution >= 0.6 is 12.4 Å².